The summed E-state index contributed by atoms with van der Waals surface area (Å²) in [5.74, 6) is 0. The molecule has 0 amide bonds. The second-order valence-electron chi connectivity index (χ2n) is 14.8. The number of aryl methyl sites for hydroxylation is 6. The van der Waals surface area contributed by atoms with Gasteiger partial charge in [0.1, 0.15) is 0 Å². The predicted molar refractivity (Wildman–Crippen MR) is 229 cm³/mol. The van der Waals surface area contributed by atoms with Crippen LogP contribution in [0.3, 0.4) is 0 Å². The molecule has 0 unspecified atom stereocenters. The van der Waals surface area contributed by atoms with Crippen molar-refractivity contribution in [2.45, 2.75) is 41.5 Å². The third kappa shape index (κ3) is 5.71. The van der Waals surface area contributed by atoms with Crippen LogP contribution >= 0.6 is 0 Å². The van der Waals surface area contributed by atoms with Crippen LogP contribution in [0.2, 0.25) is 0 Å². The number of hydrogen-bond donors (Lipinski definition) is 2. The van der Waals surface area contributed by atoms with E-state index in [4.69, 9.17) is 9.97 Å². The van der Waals surface area contributed by atoms with Crippen molar-refractivity contribution in [3.63, 3.8) is 0 Å². The molecule has 2 aliphatic heterocycles. The van der Waals surface area contributed by atoms with Crippen molar-refractivity contribution in [2.24, 2.45) is 0 Å². The van der Waals surface area contributed by atoms with Crippen LogP contribution in [0.25, 0.3) is 90.9 Å². The summed E-state index contributed by atoms with van der Waals surface area (Å²) in [5.41, 5.74) is 23.9. The van der Waals surface area contributed by atoms with Crippen molar-refractivity contribution in [3.8, 4) is 44.5 Å². The van der Waals surface area contributed by atoms with Gasteiger partial charge in [0.2, 0.25) is 0 Å². The second-order valence-corrected chi connectivity index (χ2v) is 14.8. The molecule has 0 atom stereocenters. The number of H-pyrrole nitrogens is 2. The summed E-state index contributed by atoms with van der Waals surface area (Å²) < 4.78 is 0. The van der Waals surface area contributed by atoms with Gasteiger partial charge in [-0.05, 0) is 135 Å². The first kappa shape index (κ1) is 33.3. The largest absolute Gasteiger partial charge is 0.354 e. The van der Waals surface area contributed by atoms with Crippen LogP contribution in [0.1, 0.15) is 56.2 Å². The van der Waals surface area contributed by atoms with Crippen molar-refractivity contribution in [1.29, 1.82) is 0 Å². The molecule has 0 saturated heterocycles. The van der Waals surface area contributed by atoms with E-state index < -0.39 is 0 Å². The van der Waals surface area contributed by atoms with Gasteiger partial charge in [0.15, 0.2) is 0 Å². The quantitative estimate of drug-likeness (QED) is 0.192. The van der Waals surface area contributed by atoms with Crippen molar-refractivity contribution >= 4 is 46.4 Å². The zero-order chi connectivity index (χ0) is 37.1. The maximum absolute atomic E-state index is 5.48. The lowest BCUT2D eigenvalue weighted by atomic mass is 9.92. The molecular formula is C50H42N4. The molecule has 5 heterocycles. The van der Waals surface area contributed by atoms with Gasteiger partial charge in [0.05, 0.1) is 22.8 Å². The van der Waals surface area contributed by atoms with Gasteiger partial charge in [-0.1, -0.05) is 96.1 Å². The van der Waals surface area contributed by atoms with Crippen molar-refractivity contribution in [2.75, 3.05) is 0 Å². The first-order valence-corrected chi connectivity index (χ1v) is 18.7. The minimum Gasteiger partial charge on any atom is -0.354 e. The normalized spacial score (nSPS) is 12.1. The standard InChI is InChI=1S/C50H42N4/c1-29-25-31(3)45(32(4)26-29)49-41-21-17-37(51-41)47(35-13-9-7-10-14-35)39-19-23-43(53-39)50(46-33(5)27-30(2)28-34(46)6)44-24-20-40(54-44)48(36-15-11-8-12-16-36)38-18-22-42(49)52-38/h7-28,51-52H,1-6H3. The Kier molecular flexibility index (Phi) is 8.12. The highest BCUT2D eigenvalue weighted by atomic mass is 14.8. The number of nitrogens with zero attached hydrogens (tertiary/aromatic N) is 2. The first-order chi connectivity index (χ1) is 26.2. The summed E-state index contributed by atoms with van der Waals surface area (Å²) in [7, 11) is 0. The Morgan fingerprint density at radius 3 is 1.02 bits per heavy atom. The molecule has 2 N–H and O–H groups in total. The number of benzene rings is 4. The van der Waals surface area contributed by atoms with Gasteiger partial charge in [-0.15, -0.1) is 0 Å². The maximum atomic E-state index is 5.48. The highest BCUT2D eigenvalue weighted by molar-refractivity contribution is 6.01. The Balaban J connectivity index is 1.51. The molecule has 7 aromatic rings. The van der Waals surface area contributed by atoms with Gasteiger partial charge in [-0.25, -0.2) is 9.97 Å². The zero-order valence-corrected chi connectivity index (χ0v) is 31.6. The maximum Gasteiger partial charge on any atom is 0.0738 e. The van der Waals surface area contributed by atoms with Crippen LogP contribution in [0.15, 0.2) is 109 Å². The fourth-order valence-electron chi connectivity index (χ4n) is 8.70. The van der Waals surface area contributed by atoms with Crippen molar-refractivity contribution < 1.29 is 0 Å². The van der Waals surface area contributed by atoms with E-state index in [1.54, 1.807) is 0 Å². The molecule has 2 aliphatic rings. The number of nitrogens with one attached hydrogen (secondary N) is 2. The summed E-state index contributed by atoms with van der Waals surface area (Å²) in [4.78, 5) is 18.8. The minimum absolute atomic E-state index is 0.901. The van der Waals surface area contributed by atoms with Crippen LogP contribution < -0.4 is 0 Å². The third-order valence-corrected chi connectivity index (χ3v) is 10.7. The molecule has 4 nitrogen and oxygen atoms in total. The van der Waals surface area contributed by atoms with Gasteiger partial charge in [-0.2, -0.15) is 0 Å². The van der Waals surface area contributed by atoms with Gasteiger partial charge >= 0.3 is 0 Å². The first-order valence-electron chi connectivity index (χ1n) is 18.7. The lowest BCUT2D eigenvalue weighted by molar-refractivity contribution is 1.25. The summed E-state index contributed by atoms with van der Waals surface area (Å²) >= 11 is 0. The van der Waals surface area contributed by atoms with E-state index in [0.29, 0.717) is 0 Å². The molecule has 0 aliphatic carbocycles. The zero-order valence-electron chi connectivity index (χ0n) is 31.6. The number of hydrogen-bond acceptors (Lipinski definition) is 2. The summed E-state index contributed by atoms with van der Waals surface area (Å²) in [6.45, 7) is 13.2. The molecule has 0 saturated carbocycles. The highest BCUT2D eigenvalue weighted by Gasteiger charge is 2.22. The summed E-state index contributed by atoms with van der Waals surface area (Å²) in [6, 6.07) is 39.1. The minimum atomic E-state index is 0.901. The van der Waals surface area contributed by atoms with E-state index in [-0.39, 0.29) is 0 Å². The van der Waals surface area contributed by atoms with Crippen molar-refractivity contribution in [3.05, 3.63) is 165 Å². The summed E-state index contributed by atoms with van der Waals surface area (Å²) in [6.07, 6.45) is 8.66. The summed E-state index contributed by atoms with van der Waals surface area (Å²) in [5, 5.41) is 0. The molecular weight excluding hydrogens is 657 g/mol. The molecule has 8 bridgehead atoms. The number of rotatable bonds is 4. The Bertz CT molecular complexity index is 2680. The Labute approximate surface area is 316 Å². The number of aromatic amines is 2. The monoisotopic (exact) mass is 698 g/mol. The molecule has 0 radical (unpaired) electrons. The molecule has 54 heavy (non-hydrogen) atoms. The van der Waals surface area contributed by atoms with Crippen LogP contribution in [0.4, 0.5) is 0 Å². The Morgan fingerprint density at radius 2 is 0.648 bits per heavy atom. The van der Waals surface area contributed by atoms with E-state index in [1.807, 2.05) is 0 Å². The van der Waals surface area contributed by atoms with E-state index >= 15 is 0 Å². The fourth-order valence-corrected chi connectivity index (χ4v) is 8.70. The van der Waals surface area contributed by atoms with E-state index in [9.17, 15) is 0 Å². The van der Waals surface area contributed by atoms with Crippen LogP contribution in [-0.2, 0) is 0 Å². The average molecular weight is 699 g/mol. The molecule has 9 rings (SSSR count). The van der Waals surface area contributed by atoms with Crippen molar-refractivity contribution in [1.82, 2.24) is 19.9 Å². The second kappa shape index (κ2) is 13.2. The van der Waals surface area contributed by atoms with Crippen LogP contribution in [0.5, 0.6) is 0 Å². The van der Waals surface area contributed by atoms with E-state index in [0.717, 1.165) is 78.2 Å². The van der Waals surface area contributed by atoms with Gasteiger partial charge in [0, 0.05) is 44.3 Å². The molecule has 4 aromatic carbocycles. The predicted octanol–water partition coefficient (Wildman–Crippen LogP) is 13.2. The Hall–Kier alpha value is -6.52. The lowest BCUT2D eigenvalue weighted by Crippen LogP contribution is -1.96. The van der Waals surface area contributed by atoms with E-state index in [1.165, 1.54) is 44.5 Å². The molecule has 0 fully saturated rings. The van der Waals surface area contributed by atoms with Crippen LogP contribution in [0, 0.1) is 41.5 Å². The molecule has 3 aromatic heterocycles. The Morgan fingerprint density at radius 1 is 0.333 bits per heavy atom. The lowest BCUT2D eigenvalue weighted by Gasteiger charge is -2.13. The number of aromatic nitrogens is 4. The smallest absolute Gasteiger partial charge is 0.0738 e. The molecule has 0 spiro atoms. The van der Waals surface area contributed by atoms with Gasteiger partial charge in [0.25, 0.3) is 0 Å². The number of fused-ring (bicyclic) bond motifs is 8. The highest BCUT2D eigenvalue weighted by Crippen LogP contribution is 2.41. The molecule has 4 heteroatoms. The van der Waals surface area contributed by atoms with Crippen LogP contribution in [-0.4, -0.2) is 19.9 Å². The topological polar surface area (TPSA) is 57.4 Å². The van der Waals surface area contributed by atoms with E-state index in [2.05, 4.69) is 185 Å². The fraction of sp³-hybridized carbons (Fsp3) is 0.120. The molecule has 262 valence electrons. The van der Waals surface area contributed by atoms with Gasteiger partial charge < -0.3 is 9.97 Å². The average Bonchev–Trinajstić information content (AvgIpc) is 3.98. The van der Waals surface area contributed by atoms with Gasteiger partial charge in [-0.3, -0.25) is 0 Å². The third-order valence-electron chi connectivity index (χ3n) is 10.7. The SMILES string of the molecule is Cc1cc(C)c(-c2c3nc(c(-c4ccccc4)c4ccc([nH]4)c(-c4c(C)cc(C)cc4C)c4ccc([nH]4)c(-c4ccccc4)c4nc2C=C4)C=C3)c(C)c1.